The lowest BCUT2D eigenvalue weighted by atomic mass is 9.96. The van der Waals surface area contributed by atoms with Crippen LogP contribution >= 0.6 is 0 Å². The molecular weight excluding hydrogens is 284 g/mol. The Morgan fingerprint density at radius 3 is 2.59 bits per heavy atom. The summed E-state index contributed by atoms with van der Waals surface area (Å²) in [5, 5.41) is 11.8. The van der Waals surface area contributed by atoms with Crippen molar-refractivity contribution in [3.8, 4) is 0 Å². The minimum absolute atomic E-state index is 0.0550. The summed E-state index contributed by atoms with van der Waals surface area (Å²) in [5.74, 6) is -0.226. The number of hydrogen-bond donors (Lipinski definition) is 2. The number of piperidine rings is 1. The summed E-state index contributed by atoms with van der Waals surface area (Å²) >= 11 is 0. The molecule has 2 rings (SSSR count). The Hall–Kier alpha value is -2.18. The maximum absolute atomic E-state index is 12.0. The van der Waals surface area contributed by atoms with Crippen molar-refractivity contribution in [3.63, 3.8) is 0 Å². The van der Waals surface area contributed by atoms with Gasteiger partial charge in [-0.2, -0.15) is 0 Å². The van der Waals surface area contributed by atoms with Crippen LogP contribution in [0.15, 0.2) is 12.4 Å². The first-order valence-corrected chi connectivity index (χ1v) is 7.69. The fourth-order valence-corrected chi connectivity index (χ4v) is 2.50. The van der Waals surface area contributed by atoms with Gasteiger partial charge in [-0.3, -0.25) is 4.79 Å². The van der Waals surface area contributed by atoms with Crippen LogP contribution in [0.1, 0.15) is 43.1 Å². The van der Waals surface area contributed by atoms with Crippen molar-refractivity contribution < 1.29 is 14.7 Å². The van der Waals surface area contributed by atoms with Crippen LogP contribution in [0.4, 0.5) is 5.82 Å². The molecule has 7 heteroatoms. The smallest absolute Gasteiger partial charge is 0.356 e. The molecule has 2 N–H and O–H groups in total. The van der Waals surface area contributed by atoms with Crippen LogP contribution in [-0.4, -0.2) is 46.6 Å². The molecule has 7 nitrogen and oxygen atoms in total. The molecule has 0 atom stereocenters. The summed E-state index contributed by atoms with van der Waals surface area (Å²) in [5.41, 5.74) is -0.0612. The number of carbonyl (C=O) groups is 2. The molecule has 1 saturated heterocycles. The lowest BCUT2D eigenvalue weighted by molar-refractivity contribution is -0.125. The normalized spacial score (nSPS) is 15.6. The maximum Gasteiger partial charge on any atom is 0.356 e. The highest BCUT2D eigenvalue weighted by Gasteiger charge is 2.25. The number of nitrogens with one attached hydrogen (secondary N) is 1. The van der Waals surface area contributed by atoms with Gasteiger partial charge in [0.05, 0.1) is 12.4 Å². The Morgan fingerprint density at radius 1 is 1.32 bits per heavy atom. The van der Waals surface area contributed by atoms with Gasteiger partial charge in [0, 0.05) is 25.6 Å². The third-order valence-electron chi connectivity index (χ3n) is 3.88. The van der Waals surface area contributed by atoms with Crippen LogP contribution in [0.2, 0.25) is 0 Å². The van der Waals surface area contributed by atoms with E-state index in [1.165, 1.54) is 12.4 Å². The van der Waals surface area contributed by atoms with Crippen molar-refractivity contribution in [1.29, 1.82) is 0 Å². The zero-order chi connectivity index (χ0) is 15.9. The number of carbonyl (C=O) groups excluding carboxylic acids is 1. The molecule has 1 aliphatic rings. The minimum Gasteiger partial charge on any atom is -0.476 e. The number of rotatable bonds is 6. The molecule has 1 aliphatic heterocycles. The number of amides is 1. The molecule has 0 aliphatic carbocycles. The monoisotopic (exact) mass is 306 g/mol. The van der Waals surface area contributed by atoms with Gasteiger partial charge in [-0.1, -0.05) is 13.3 Å². The molecule has 120 valence electrons. The molecule has 0 radical (unpaired) electrons. The van der Waals surface area contributed by atoms with Gasteiger partial charge in [-0.15, -0.1) is 0 Å². The highest BCUT2D eigenvalue weighted by molar-refractivity contribution is 5.85. The van der Waals surface area contributed by atoms with Gasteiger partial charge in [-0.25, -0.2) is 14.8 Å². The molecule has 1 aromatic heterocycles. The van der Waals surface area contributed by atoms with Gasteiger partial charge >= 0.3 is 5.97 Å². The van der Waals surface area contributed by atoms with E-state index in [-0.39, 0.29) is 17.5 Å². The first-order chi connectivity index (χ1) is 10.6. The Labute approximate surface area is 129 Å². The molecule has 0 aromatic carbocycles. The van der Waals surface area contributed by atoms with Crippen molar-refractivity contribution in [2.75, 3.05) is 24.5 Å². The summed E-state index contributed by atoms with van der Waals surface area (Å²) in [6, 6.07) is 0. The summed E-state index contributed by atoms with van der Waals surface area (Å²) in [7, 11) is 0. The molecule has 22 heavy (non-hydrogen) atoms. The Morgan fingerprint density at radius 2 is 2.05 bits per heavy atom. The fraction of sp³-hybridized carbons (Fsp3) is 0.600. The van der Waals surface area contributed by atoms with E-state index >= 15 is 0 Å². The summed E-state index contributed by atoms with van der Waals surface area (Å²) in [6.07, 6.45) is 6.38. The molecule has 1 amide bonds. The van der Waals surface area contributed by atoms with Gasteiger partial charge in [0.1, 0.15) is 5.82 Å². The van der Waals surface area contributed by atoms with Crippen molar-refractivity contribution in [3.05, 3.63) is 18.1 Å². The van der Waals surface area contributed by atoms with Gasteiger partial charge in [0.2, 0.25) is 5.91 Å². The maximum atomic E-state index is 12.0. The molecular formula is C15H22N4O3. The Balaban J connectivity index is 1.83. The second kappa shape index (κ2) is 7.72. The summed E-state index contributed by atoms with van der Waals surface area (Å²) < 4.78 is 0. The first-order valence-electron chi connectivity index (χ1n) is 7.69. The van der Waals surface area contributed by atoms with E-state index in [0.717, 1.165) is 45.3 Å². The molecule has 1 aromatic rings. The van der Waals surface area contributed by atoms with Gasteiger partial charge in [0.25, 0.3) is 0 Å². The average Bonchev–Trinajstić information content (AvgIpc) is 2.55. The number of nitrogens with zero attached hydrogens (tertiary/aromatic N) is 3. The second-order valence-electron chi connectivity index (χ2n) is 5.47. The second-order valence-corrected chi connectivity index (χ2v) is 5.47. The molecule has 0 bridgehead atoms. The third-order valence-corrected chi connectivity index (χ3v) is 3.88. The highest BCUT2D eigenvalue weighted by atomic mass is 16.4. The molecule has 0 spiro atoms. The van der Waals surface area contributed by atoms with Gasteiger partial charge < -0.3 is 15.3 Å². The number of hydrogen-bond acceptors (Lipinski definition) is 5. The van der Waals surface area contributed by atoms with E-state index in [4.69, 9.17) is 5.11 Å². The number of carboxylic acids is 1. The Kier molecular flexibility index (Phi) is 5.68. The van der Waals surface area contributed by atoms with Gasteiger partial charge in [-0.05, 0) is 19.3 Å². The number of carboxylic acid groups (broad SMARTS) is 1. The van der Waals surface area contributed by atoms with E-state index in [2.05, 4.69) is 22.2 Å². The van der Waals surface area contributed by atoms with Crippen molar-refractivity contribution in [2.24, 2.45) is 5.92 Å². The van der Waals surface area contributed by atoms with Crippen molar-refractivity contribution in [2.45, 2.75) is 32.6 Å². The fourth-order valence-electron chi connectivity index (χ4n) is 2.50. The Bertz CT molecular complexity index is 510. The summed E-state index contributed by atoms with van der Waals surface area (Å²) in [6.45, 7) is 4.30. The molecule has 1 fully saturated rings. The lowest BCUT2D eigenvalue weighted by Crippen LogP contribution is -2.41. The minimum atomic E-state index is -1.08. The lowest BCUT2D eigenvalue weighted by Gasteiger charge is -2.31. The van der Waals surface area contributed by atoms with E-state index < -0.39 is 5.97 Å². The standard InChI is InChI=1S/C15H22N4O3/c1-2-3-6-16-14(20)11-4-7-19(8-5-11)13-10-17-12(9-18-13)15(21)22/h9-11H,2-8H2,1H3,(H,16,20)(H,21,22). The van der Waals surface area contributed by atoms with Crippen molar-refractivity contribution in [1.82, 2.24) is 15.3 Å². The SMILES string of the molecule is CCCCNC(=O)C1CCN(c2cnc(C(=O)O)cn2)CC1. The molecule has 2 heterocycles. The quantitative estimate of drug-likeness (QED) is 0.769. The van der Waals surface area contributed by atoms with Crippen LogP contribution in [0.25, 0.3) is 0 Å². The van der Waals surface area contributed by atoms with E-state index in [1.807, 2.05) is 4.90 Å². The van der Waals surface area contributed by atoms with Crippen LogP contribution in [0.5, 0.6) is 0 Å². The highest BCUT2D eigenvalue weighted by Crippen LogP contribution is 2.21. The number of aromatic nitrogens is 2. The predicted octanol–water partition coefficient (Wildman–Crippen LogP) is 1.31. The van der Waals surface area contributed by atoms with Crippen LogP contribution in [0.3, 0.4) is 0 Å². The zero-order valence-corrected chi connectivity index (χ0v) is 12.8. The van der Waals surface area contributed by atoms with E-state index in [1.54, 1.807) is 0 Å². The van der Waals surface area contributed by atoms with Crippen LogP contribution < -0.4 is 10.2 Å². The third kappa shape index (κ3) is 4.16. The van der Waals surface area contributed by atoms with Crippen molar-refractivity contribution >= 4 is 17.7 Å². The van der Waals surface area contributed by atoms with Gasteiger partial charge in [0.15, 0.2) is 5.69 Å². The molecule has 0 saturated carbocycles. The topological polar surface area (TPSA) is 95.4 Å². The van der Waals surface area contributed by atoms with Crippen LogP contribution in [0, 0.1) is 5.92 Å². The van der Waals surface area contributed by atoms with E-state index in [0.29, 0.717) is 5.82 Å². The number of aromatic carboxylic acids is 1. The average molecular weight is 306 g/mol. The number of unbranched alkanes of at least 4 members (excludes halogenated alkanes) is 1. The van der Waals surface area contributed by atoms with E-state index in [9.17, 15) is 9.59 Å². The zero-order valence-electron chi connectivity index (χ0n) is 12.8. The van der Waals surface area contributed by atoms with Crippen LogP contribution in [-0.2, 0) is 4.79 Å². The largest absolute Gasteiger partial charge is 0.476 e. The predicted molar refractivity (Wildman–Crippen MR) is 81.8 cm³/mol. The number of anilines is 1. The molecule has 0 unspecified atom stereocenters. The summed E-state index contributed by atoms with van der Waals surface area (Å²) in [4.78, 5) is 32.8. The first kappa shape index (κ1) is 16.2.